The van der Waals surface area contributed by atoms with Crippen molar-refractivity contribution in [1.82, 2.24) is 9.55 Å². The Hall–Kier alpha value is -4.03. The summed E-state index contributed by atoms with van der Waals surface area (Å²) in [7, 11) is 0. The van der Waals surface area contributed by atoms with Gasteiger partial charge in [0.25, 0.3) is 5.56 Å². The van der Waals surface area contributed by atoms with Crippen LogP contribution >= 0.6 is 12.2 Å². The molecule has 33 heavy (non-hydrogen) atoms. The van der Waals surface area contributed by atoms with Crippen molar-refractivity contribution in [3.05, 3.63) is 116 Å². The number of benzene rings is 3. The largest absolute Gasteiger partial charge is 0.494 e. The maximum atomic E-state index is 12.9. The minimum atomic E-state index is -0.457. The van der Waals surface area contributed by atoms with Gasteiger partial charge in [0.05, 0.1) is 17.1 Å². The monoisotopic (exact) mass is 451 g/mol. The smallest absolute Gasteiger partial charge is 0.262 e. The van der Waals surface area contributed by atoms with E-state index in [1.54, 1.807) is 6.08 Å². The maximum absolute atomic E-state index is 12.9. The highest BCUT2D eigenvalue weighted by molar-refractivity contribution is 7.71. The van der Waals surface area contributed by atoms with E-state index in [0.29, 0.717) is 5.69 Å². The van der Waals surface area contributed by atoms with Gasteiger partial charge in [-0.1, -0.05) is 54.6 Å². The first-order chi connectivity index (χ1) is 15.9. The average Bonchev–Trinajstić information content (AvgIpc) is 3.18. The molecule has 5 rings (SSSR count). The lowest BCUT2D eigenvalue weighted by molar-refractivity contribution is 0.432. The molecule has 0 aliphatic carbocycles. The van der Waals surface area contributed by atoms with Crippen molar-refractivity contribution in [1.29, 1.82) is 0 Å². The van der Waals surface area contributed by atoms with Crippen molar-refractivity contribution < 1.29 is 5.11 Å². The first-order valence-electron chi connectivity index (χ1n) is 10.6. The lowest BCUT2D eigenvalue weighted by Crippen LogP contribution is -2.16. The normalized spacial score (nSPS) is 13.8. The molecular weight excluding hydrogens is 430 g/mol. The van der Waals surface area contributed by atoms with E-state index in [4.69, 9.17) is 17.2 Å². The molecule has 0 unspecified atom stereocenters. The Kier molecular flexibility index (Phi) is 5.15. The molecule has 0 spiro atoms. The summed E-state index contributed by atoms with van der Waals surface area (Å²) in [6, 6.07) is 23.3. The summed E-state index contributed by atoms with van der Waals surface area (Å²) in [6.07, 6.45) is 1.69. The van der Waals surface area contributed by atoms with Gasteiger partial charge in [-0.2, -0.15) is 0 Å². The Morgan fingerprint density at radius 1 is 0.970 bits per heavy atom. The van der Waals surface area contributed by atoms with Crippen LogP contribution in [0.2, 0.25) is 0 Å². The van der Waals surface area contributed by atoms with Gasteiger partial charge >= 0.3 is 0 Å². The summed E-state index contributed by atoms with van der Waals surface area (Å²) in [6.45, 7) is 4.01. The lowest BCUT2D eigenvalue weighted by atomic mass is 9.96. The van der Waals surface area contributed by atoms with Crippen LogP contribution in [0.4, 0.5) is 5.69 Å². The van der Waals surface area contributed by atoms with Gasteiger partial charge in [-0.25, -0.2) is 4.99 Å². The molecule has 1 aliphatic heterocycles. The third-order valence-electron chi connectivity index (χ3n) is 5.89. The number of hydrogen-bond acceptors (Lipinski definition) is 4. The Morgan fingerprint density at radius 2 is 1.70 bits per heavy atom. The number of allylic oxidation sites excluding steroid dienone is 1. The number of para-hydroxylation sites is 1. The van der Waals surface area contributed by atoms with Crippen LogP contribution in [0.5, 0.6) is 5.88 Å². The molecule has 1 aliphatic rings. The van der Waals surface area contributed by atoms with Crippen LogP contribution in [0.1, 0.15) is 27.8 Å². The summed E-state index contributed by atoms with van der Waals surface area (Å²) in [4.78, 5) is 20.4. The molecule has 4 aromatic rings. The van der Waals surface area contributed by atoms with Crippen molar-refractivity contribution in [2.24, 2.45) is 4.99 Å². The number of H-pyrrole nitrogens is 1. The predicted molar refractivity (Wildman–Crippen MR) is 135 cm³/mol. The standard InChI is InChI=1S/C27H21N3O2S/c1-16-12-13-19(14-17(16)2)30-26(32)22(25(31)29-27(30)33)15-21-20-10-6-7-11-23(20)28-24(21)18-8-4-3-5-9-18/h3-15,32H,1-2H3,(H,29,31,33)/b21-15+. The molecule has 0 fully saturated rings. The van der Waals surface area contributed by atoms with Crippen molar-refractivity contribution >= 4 is 35.3 Å². The molecule has 0 atom stereocenters. The van der Waals surface area contributed by atoms with E-state index in [1.165, 1.54) is 4.57 Å². The fourth-order valence-electron chi connectivity index (χ4n) is 3.99. The van der Waals surface area contributed by atoms with Crippen LogP contribution in [0, 0.1) is 18.6 Å². The van der Waals surface area contributed by atoms with Gasteiger partial charge in [0.2, 0.25) is 5.88 Å². The molecule has 0 bridgehead atoms. The topological polar surface area (TPSA) is 70.4 Å². The second-order valence-electron chi connectivity index (χ2n) is 8.00. The molecule has 1 aromatic heterocycles. The number of aliphatic imine (C=N–C) groups is 1. The summed E-state index contributed by atoms with van der Waals surface area (Å²) in [5.41, 5.74) is 6.69. The van der Waals surface area contributed by atoms with E-state index in [-0.39, 0.29) is 16.2 Å². The highest BCUT2D eigenvalue weighted by Crippen LogP contribution is 2.38. The minimum Gasteiger partial charge on any atom is -0.494 e. The SMILES string of the molecule is Cc1ccc(-n2c(O)c(/C=C3/C(c4ccccc4)=Nc4ccccc43)c(=O)[nH]c2=S)cc1C. The Bertz CT molecular complexity index is 1580. The molecule has 0 radical (unpaired) electrons. The van der Waals surface area contributed by atoms with E-state index in [2.05, 4.69) is 4.98 Å². The third kappa shape index (κ3) is 3.64. The van der Waals surface area contributed by atoms with Crippen LogP contribution in [-0.4, -0.2) is 20.4 Å². The zero-order valence-corrected chi connectivity index (χ0v) is 19.0. The molecule has 6 heteroatoms. The fourth-order valence-corrected chi connectivity index (χ4v) is 4.27. The number of rotatable bonds is 3. The van der Waals surface area contributed by atoms with E-state index in [0.717, 1.165) is 39.2 Å². The molecule has 2 heterocycles. The number of nitrogens with one attached hydrogen (secondary N) is 1. The molecule has 5 nitrogen and oxygen atoms in total. The van der Waals surface area contributed by atoms with Gasteiger partial charge in [0.15, 0.2) is 4.77 Å². The minimum absolute atomic E-state index is 0.122. The van der Waals surface area contributed by atoms with Crippen molar-refractivity contribution in [2.75, 3.05) is 0 Å². The van der Waals surface area contributed by atoms with Crippen molar-refractivity contribution in [2.45, 2.75) is 13.8 Å². The van der Waals surface area contributed by atoms with Gasteiger partial charge in [0, 0.05) is 16.7 Å². The van der Waals surface area contributed by atoms with Crippen LogP contribution in [-0.2, 0) is 0 Å². The molecule has 2 N–H and O–H groups in total. The zero-order chi connectivity index (χ0) is 23.1. The molecular formula is C27H21N3O2S. The van der Waals surface area contributed by atoms with Gasteiger partial charge in [-0.15, -0.1) is 0 Å². The van der Waals surface area contributed by atoms with Crippen molar-refractivity contribution in [3.8, 4) is 11.6 Å². The second kappa shape index (κ2) is 8.15. The van der Waals surface area contributed by atoms with E-state index >= 15 is 0 Å². The molecule has 3 aromatic carbocycles. The number of aromatic amines is 1. The lowest BCUT2D eigenvalue weighted by Gasteiger charge is -2.14. The number of aromatic hydroxyl groups is 1. The summed E-state index contributed by atoms with van der Waals surface area (Å²) < 4.78 is 1.61. The summed E-state index contributed by atoms with van der Waals surface area (Å²) >= 11 is 5.39. The van der Waals surface area contributed by atoms with E-state index < -0.39 is 5.56 Å². The number of hydrogen-bond donors (Lipinski definition) is 2. The highest BCUT2D eigenvalue weighted by Gasteiger charge is 2.23. The second-order valence-corrected chi connectivity index (χ2v) is 8.39. The number of nitrogens with zero attached hydrogens (tertiary/aromatic N) is 2. The van der Waals surface area contributed by atoms with Gasteiger partial charge in [0.1, 0.15) is 5.56 Å². The Labute approximate surface area is 196 Å². The van der Waals surface area contributed by atoms with Gasteiger partial charge in [-0.05, 0) is 61.5 Å². The molecule has 162 valence electrons. The number of aryl methyl sites for hydroxylation is 2. The highest BCUT2D eigenvalue weighted by atomic mass is 32.1. The molecule has 0 saturated carbocycles. The fraction of sp³-hybridized carbons (Fsp3) is 0.0741. The summed E-state index contributed by atoms with van der Waals surface area (Å²) in [5.74, 6) is -0.212. The first-order valence-corrected chi connectivity index (χ1v) is 11.0. The summed E-state index contributed by atoms with van der Waals surface area (Å²) in [5, 5.41) is 11.2. The van der Waals surface area contributed by atoms with Gasteiger partial charge < -0.3 is 5.11 Å². The molecule has 0 amide bonds. The van der Waals surface area contributed by atoms with E-state index in [1.807, 2.05) is 86.6 Å². The van der Waals surface area contributed by atoms with Crippen molar-refractivity contribution in [3.63, 3.8) is 0 Å². The average molecular weight is 452 g/mol. The first kappa shape index (κ1) is 20.8. The maximum Gasteiger partial charge on any atom is 0.262 e. The number of fused-ring (bicyclic) bond motifs is 1. The van der Waals surface area contributed by atoms with Gasteiger partial charge in [-0.3, -0.25) is 14.3 Å². The van der Waals surface area contributed by atoms with E-state index in [9.17, 15) is 9.90 Å². The van der Waals surface area contributed by atoms with Crippen LogP contribution in [0.25, 0.3) is 17.3 Å². The predicted octanol–water partition coefficient (Wildman–Crippen LogP) is 5.89. The van der Waals surface area contributed by atoms with Crippen LogP contribution in [0.15, 0.2) is 82.6 Å². The molecule has 0 saturated heterocycles. The Balaban J connectivity index is 1.75. The third-order valence-corrected chi connectivity index (χ3v) is 6.17. The zero-order valence-electron chi connectivity index (χ0n) is 18.2. The quantitative estimate of drug-likeness (QED) is 0.382. The Morgan fingerprint density at radius 3 is 2.45 bits per heavy atom. The van der Waals surface area contributed by atoms with Crippen LogP contribution < -0.4 is 5.56 Å². The number of aromatic nitrogens is 2. The van der Waals surface area contributed by atoms with Crippen LogP contribution in [0.3, 0.4) is 0 Å².